The number of hydrazine groups is 1. The quantitative estimate of drug-likeness (QED) is 0.633. The Morgan fingerprint density at radius 2 is 2.00 bits per heavy atom. The summed E-state index contributed by atoms with van der Waals surface area (Å²) in [5, 5.41) is 6.67. The lowest BCUT2D eigenvalue weighted by Gasteiger charge is -2.07. The molecule has 0 radical (unpaired) electrons. The average molecular weight is 312 g/mol. The van der Waals surface area contributed by atoms with Crippen molar-refractivity contribution in [1.82, 2.24) is 21.0 Å². The predicted octanol–water partition coefficient (Wildman–Crippen LogP) is 2.71. The van der Waals surface area contributed by atoms with Gasteiger partial charge in [-0.3, -0.25) is 20.7 Å². The second-order valence-electron chi connectivity index (χ2n) is 4.71. The Balaban J connectivity index is 1.64. The van der Waals surface area contributed by atoms with Gasteiger partial charge in [0.25, 0.3) is 5.91 Å². The van der Waals surface area contributed by atoms with Gasteiger partial charge < -0.3 is 4.42 Å². The van der Waals surface area contributed by atoms with Crippen LogP contribution < -0.4 is 10.9 Å². The van der Waals surface area contributed by atoms with Crippen LogP contribution in [0.3, 0.4) is 0 Å². The van der Waals surface area contributed by atoms with E-state index in [2.05, 4.69) is 27.6 Å². The Kier molecular flexibility index (Phi) is 3.92. The number of aromatic nitrogens is 2. The Morgan fingerprint density at radius 1 is 1.22 bits per heavy atom. The number of nitrogens with one attached hydrogen (secondary N) is 3. The summed E-state index contributed by atoms with van der Waals surface area (Å²) in [6.45, 7) is 3.74. The first kappa shape index (κ1) is 14.6. The molecule has 116 valence electrons. The summed E-state index contributed by atoms with van der Waals surface area (Å²) in [4.78, 5) is 12.0. The highest BCUT2D eigenvalue weighted by Crippen LogP contribution is 2.18. The van der Waals surface area contributed by atoms with Crippen molar-refractivity contribution in [3.05, 3.63) is 72.6 Å². The largest absolute Gasteiger partial charge is 0.463 e. The zero-order chi connectivity index (χ0) is 16.2. The maximum atomic E-state index is 12.9. The maximum absolute atomic E-state index is 12.9. The molecule has 1 aromatic carbocycles. The standard InChI is InChI=1S/C16H13FN4O2/c1-10(15-3-2-8-23-15)18-21-16(22)14-9-13(19-20-14)11-4-6-12(17)7-5-11/h2-9,18H,1H2,(H,19,20)(H,21,22). The molecule has 2 heterocycles. The molecule has 0 aliphatic heterocycles. The van der Waals surface area contributed by atoms with Crippen LogP contribution in [0.1, 0.15) is 16.2 Å². The third kappa shape index (κ3) is 3.29. The minimum Gasteiger partial charge on any atom is -0.463 e. The fourth-order valence-corrected chi connectivity index (χ4v) is 1.92. The maximum Gasteiger partial charge on any atom is 0.287 e. The van der Waals surface area contributed by atoms with E-state index in [-0.39, 0.29) is 11.5 Å². The number of halogens is 1. The number of carbonyl (C=O) groups is 1. The van der Waals surface area contributed by atoms with E-state index >= 15 is 0 Å². The van der Waals surface area contributed by atoms with E-state index in [9.17, 15) is 9.18 Å². The third-order valence-corrected chi connectivity index (χ3v) is 3.11. The van der Waals surface area contributed by atoms with E-state index in [0.29, 0.717) is 22.7 Å². The van der Waals surface area contributed by atoms with E-state index in [4.69, 9.17) is 4.42 Å². The zero-order valence-corrected chi connectivity index (χ0v) is 12.0. The van der Waals surface area contributed by atoms with Crippen LogP contribution in [-0.2, 0) is 0 Å². The van der Waals surface area contributed by atoms with Crippen LogP contribution in [0.2, 0.25) is 0 Å². The van der Waals surface area contributed by atoms with Crippen LogP contribution in [0.25, 0.3) is 17.0 Å². The Morgan fingerprint density at radius 3 is 2.70 bits per heavy atom. The number of H-pyrrole nitrogens is 1. The molecule has 3 aromatic rings. The molecular weight excluding hydrogens is 299 g/mol. The van der Waals surface area contributed by atoms with Crippen molar-refractivity contribution in [3.63, 3.8) is 0 Å². The molecule has 2 aromatic heterocycles. The monoisotopic (exact) mass is 312 g/mol. The molecule has 0 aliphatic rings. The first-order valence-electron chi connectivity index (χ1n) is 6.74. The number of rotatable bonds is 5. The summed E-state index contributed by atoms with van der Waals surface area (Å²) < 4.78 is 18.1. The fraction of sp³-hybridized carbons (Fsp3) is 0. The van der Waals surface area contributed by atoms with Crippen molar-refractivity contribution in [2.75, 3.05) is 0 Å². The minimum absolute atomic E-state index is 0.254. The van der Waals surface area contributed by atoms with Crippen molar-refractivity contribution in [2.45, 2.75) is 0 Å². The zero-order valence-electron chi connectivity index (χ0n) is 12.0. The lowest BCUT2D eigenvalue weighted by atomic mass is 10.1. The molecule has 0 bridgehead atoms. The van der Waals surface area contributed by atoms with Gasteiger partial charge in [0.15, 0.2) is 5.76 Å². The fourth-order valence-electron chi connectivity index (χ4n) is 1.92. The number of nitrogens with zero attached hydrogens (tertiary/aromatic N) is 1. The normalized spacial score (nSPS) is 10.3. The smallest absolute Gasteiger partial charge is 0.287 e. The van der Waals surface area contributed by atoms with Crippen LogP contribution in [0.5, 0.6) is 0 Å². The van der Waals surface area contributed by atoms with Crippen LogP contribution in [0.15, 0.2) is 59.7 Å². The van der Waals surface area contributed by atoms with Crippen LogP contribution in [0, 0.1) is 5.82 Å². The van der Waals surface area contributed by atoms with Crippen LogP contribution in [0.4, 0.5) is 4.39 Å². The van der Waals surface area contributed by atoms with Gasteiger partial charge in [0.1, 0.15) is 11.5 Å². The summed E-state index contributed by atoms with van der Waals surface area (Å²) in [6, 6.07) is 10.8. The van der Waals surface area contributed by atoms with Gasteiger partial charge in [-0.05, 0) is 42.5 Å². The second kappa shape index (κ2) is 6.18. The average Bonchev–Trinajstić information content (AvgIpc) is 3.24. The molecule has 0 saturated carbocycles. The second-order valence-corrected chi connectivity index (χ2v) is 4.71. The van der Waals surface area contributed by atoms with Gasteiger partial charge >= 0.3 is 0 Å². The van der Waals surface area contributed by atoms with Gasteiger partial charge in [0, 0.05) is 5.56 Å². The van der Waals surface area contributed by atoms with Gasteiger partial charge in [-0.1, -0.05) is 6.58 Å². The molecule has 0 atom stereocenters. The molecule has 0 fully saturated rings. The molecule has 23 heavy (non-hydrogen) atoms. The van der Waals surface area contributed by atoms with Crippen LogP contribution in [-0.4, -0.2) is 16.1 Å². The molecule has 3 rings (SSSR count). The van der Waals surface area contributed by atoms with Gasteiger partial charge in [-0.25, -0.2) is 4.39 Å². The van der Waals surface area contributed by atoms with E-state index < -0.39 is 5.91 Å². The molecule has 0 aliphatic carbocycles. The molecule has 0 spiro atoms. The van der Waals surface area contributed by atoms with Gasteiger partial charge in [-0.15, -0.1) is 0 Å². The van der Waals surface area contributed by atoms with Crippen molar-refractivity contribution in [3.8, 4) is 11.3 Å². The summed E-state index contributed by atoms with van der Waals surface area (Å²) >= 11 is 0. The Hall–Kier alpha value is -3.35. The molecule has 0 saturated heterocycles. The number of aromatic amines is 1. The lowest BCUT2D eigenvalue weighted by molar-refractivity contribution is 0.0937. The Labute approximate surface area is 131 Å². The third-order valence-electron chi connectivity index (χ3n) is 3.11. The van der Waals surface area contributed by atoms with Gasteiger partial charge in [0.05, 0.1) is 17.7 Å². The minimum atomic E-state index is -0.418. The summed E-state index contributed by atoms with van der Waals surface area (Å²) in [5.74, 6) is -0.233. The highest BCUT2D eigenvalue weighted by molar-refractivity contribution is 5.93. The molecule has 7 heteroatoms. The van der Waals surface area contributed by atoms with Crippen molar-refractivity contribution < 1.29 is 13.6 Å². The SMILES string of the molecule is C=C(NNC(=O)c1cc(-c2ccc(F)cc2)n[nH]1)c1ccco1. The Bertz CT molecular complexity index is 822. The number of carbonyl (C=O) groups excluding carboxylic acids is 1. The topological polar surface area (TPSA) is 83.0 Å². The molecule has 0 unspecified atom stereocenters. The summed E-state index contributed by atoms with van der Waals surface area (Å²) in [6.07, 6.45) is 1.51. The predicted molar refractivity (Wildman–Crippen MR) is 82.3 cm³/mol. The molecular formula is C16H13FN4O2. The summed E-state index contributed by atoms with van der Waals surface area (Å²) in [7, 11) is 0. The molecule has 1 amide bonds. The first-order chi connectivity index (χ1) is 11.1. The molecule has 3 N–H and O–H groups in total. The van der Waals surface area contributed by atoms with E-state index in [1.54, 1.807) is 30.3 Å². The number of furan rings is 1. The number of benzene rings is 1. The first-order valence-corrected chi connectivity index (χ1v) is 6.74. The van der Waals surface area contributed by atoms with Gasteiger partial charge in [-0.2, -0.15) is 5.10 Å². The molecule has 6 nitrogen and oxygen atoms in total. The number of hydrogen-bond acceptors (Lipinski definition) is 4. The number of hydrogen-bond donors (Lipinski definition) is 3. The lowest BCUT2D eigenvalue weighted by Crippen LogP contribution is -2.35. The van der Waals surface area contributed by atoms with Crippen molar-refractivity contribution >= 4 is 11.6 Å². The van der Waals surface area contributed by atoms with Crippen LogP contribution >= 0.6 is 0 Å². The number of amides is 1. The highest BCUT2D eigenvalue weighted by Gasteiger charge is 2.11. The van der Waals surface area contributed by atoms with E-state index in [1.165, 1.54) is 18.4 Å². The van der Waals surface area contributed by atoms with Crippen molar-refractivity contribution in [1.29, 1.82) is 0 Å². The van der Waals surface area contributed by atoms with Gasteiger partial charge in [0.2, 0.25) is 0 Å². The van der Waals surface area contributed by atoms with Crippen molar-refractivity contribution in [2.24, 2.45) is 0 Å². The highest BCUT2D eigenvalue weighted by atomic mass is 19.1. The summed E-state index contributed by atoms with van der Waals surface area (Å²) in [5.41, 5.74) is 7.05. The van der Waals surface area contributed by atoms with E-state index in [0.717, 1.165) is 0 Å². The van der Waals surface area contributed by atoms with E-state index in [1.807, 2.05) is 0 Å².